The summed E-state index contributed by atoms with van der Waals surface area (Å²) < 4.78 is 51.1. The molecule has 0 saturated heterocycles. The molecular weight excluding hydrogens is 447 g/mol. The number of fused-ring (bicyclic) bond motifs is 1. The number of aromatic nitrogens is 2. The summed E-state index contributed by atoms with van der Waals surface area (Å²) in [7, 11) is 1.32. The van der Waals surface area contributed by atoms with Crippen LogP contribution in [0.15, 0.2) is 36.7 Å². The van der Waals surface area contributed by atoms with Gasteiger partial charge in [0.2, 0.25) is 0 Å². The maximum absolute atomic E-state index is 13.5. The van der Waals surface area contributed by atoms with Gasteiger partial charge >= 0.3 is 0 Å². The number of aliphatic hydroxyl groups is 4. The van der Waals surface area contributed by atoms with Crippen molar-refractivity contribution in [1.82, 2.24) is 9.97 Å². The number of halogens is 3. The Morgan fingerprint density at radius 3 is 2.36 bits per heavy atom. The number of rotatable bonds is 10. The smallest absolute Gasteiger partial charge is 0.164 e. The van der Waals surface area contributed by atoms with E-state index < -0.39 is 49.3 Å². The summed E-state index contributed by atoms with van der Waals surface area (Å²) in [6, 6.07) is 6.11. The predicted octanol–water partition coefficient (Wildman–Crippen LogP) is 1.45. The maximum atomic E-state index is 13.5. The fourth-order valence-corrected chi connectivity index (χ4v) is 3.05. The number of nitrogens with zero attached hydrogens (tertiary/aromatic N) is 2. The average Bonchev–Trinajstić information content (AvgIpc) is 2.83. The highest BCUT2D eigenvalue weighted by molar-refractivity contribution is 5.93. The van der Waals surface area contributed by atoms with E-state index in [2.05, 4.69) is 15.3 Å². The fraction of sp³-hybridized carbons (Fsp3) is 0.333. The van der Waals surface area contributed by atoms with Crippen molar-refractivity contribution >= 4 is 22.4 Å². The van der Waals surface area contributed by atoms with Gasteiger partial charge in [0, 0.05) is 23.2 Å². The lowest BCUT2D eigenvalue weighted by Gasteiger charge is -2.28. The summed E-state index contributed by atoms with van der Waals surface area (Å²) in [5.41, 5.74) is 0.548. The third-order valence-corrected chi connectivity index (χ3v) is 4.84. The minimum absolute atomic E-state index is 0.00665. The van der Waals surface area contributed by atoms with Crippen LogP contribution in [0.4, 0.5) is 24.7 Å². The zero-order chi connectivity index (χ0) is 24.1. The Labute approximate surface area is 186 Å². The van der Waals surface area contributed by atoms with Crippen LogP contribution in [0.5, 0.6) is 11.5 Å². The first kappa shape index (κ1) is 24.5. The van der Waals surface area contributed by atoms with Crippen LogP contribution in [0.1, 0.15) is 0 Å². The molecule has 2 aromatic carbocycles. The number of alkyl halides is 1. The first-order chi connectivity index (χ1) is 15.8. The molecule has 5 N–H and O–H groups in total. The summed E-state index contributed by atoms with van der Waals surface area (Å²) in [5.74, 6) is -1.68. The number of hydrogen-bond acceptors (Lipinski definition) is 9. The maximum Gasteiger partial charge on any atom is 0.164 e. The van der Waals surface area contributed by atoms with Crippen molar-refractivity contribution in [3.8, 4) is 11.5 Å². The molecule has 12 heteroatoms. The SMILES string of the molecule is COc1cc2c(Nc3ccc(F)c(F)c3)ncnc2cc1O[C@H](CO)[C@H](O)[C@@H](O)[C@H](F)CO. The third kappa shape index (κ3) is 5.42. The van der Waals surface area contributed by atoms with Crippen molar-refractivity contribution in [2.75, 3.05) is 25.6 Å². The van der Waals surface area contributed by atoms with Crippen molar-refractivity contribution in [2.24, 2.45) is 0 Å². The van der Waals surface area contributed by atoms with Crippen molar-refractivity contribution in [2.45, 2.75) is 24.5 Å². The molecule has 0 unspecified atom stereocenters. The van der Waals surface area contributed by atoms with Gasteiger partial charge in [0.25, 0.3) is 0 Å². The lowest BCUT2D eigenvalue weighted by Crippen LogP contribution is -2.48. The first-order valence-corrected chi connectivity index (χ1v) is 9.72. The summed E-state index contributed by atoms with van der Waals surface area (Å²) in [6.07, 6.45) is -6.27. The van der Waals surface area contributed by atoms with E-state index in [9.17, 15) is 28.5 Å². The second-order valence-electron chi connectivity index (χ2n) is 7.02. The third-order valence-electron chi connectivity index (χ3n) is 4.84. The summed E-state index contributed by atoms with van der Waals surface area (Å²) in [5, 5.41) is 41.6. The Balaban J connectivity index is 1.93. The number of methoxy groups -OCH3 is 1. The largest absolute Gasteiger partial charge is 0.493 e. The van der Waals surface area contributed by atoms with Crippen LogP contribution in [0.2, 0.25) is 0 Å². The van der Waals surface area contributed by atoms with Gasteiger partial charge in [-0.2, -0.15) is 0 Å². The molecule has 1 heterocycles. The van der Waals surface area contributed by atoms with Crippen LogP contribution < -0.4 is 14.8 Å². The molecule has 0 saturated carbocycles. The second-order valence-corrected chi connectivity index (χ2v) is 7.02. The molecule has 0 spiro atoms. The second kappa shape index (κ2) is 10.6. The van der Waals surface area contributed by atoms with Crippen molar-refractivity contribution < 1.29 is 43.1 Å². The lowest BCUT2D eigenvalue weighted by molar-refractivity contribution is -0.0981. The van der Waals surface area contributed by atoms with E-state index in [1.807, 2.05) is 0 Å². The summed E-state index contributed by atoms with van der Waals surface area (Å²) >= 11 is 0. The van der Waals surface area contributed by atoms with E-state index in [0.29, 0.717) is 10.9 Å². The Hall–Kier alpha value is -3.19. The molecule has 0 radical (unpaired) electrons. The molecule has 0 bridgehead atoms. The predicted molar refractivity (Wildman–Crippen MR) is 111 cm³/mol. The topological polar surface area (TPSA) is 137 Å². The fourth-order valence-electron chi connectivity index (χ4n) is 3.05. The number of benzene rings is 2. The van der Waals surface area contributed by atoms with Crippen LogP contribution in [-0.2, 0) is 0 Å². The minimum atomic E-state index is -2.14. The lowest BCUT2D eigenvalue weighted by atomic mass is 10.0. The number of aliphatic hydroxyl groups excluding tert-OH is 4. The molecule has 9 nitrogen and oxygen atoms in total. The van der Waals surface area contributed by atoms with Crippen molar-refractivity contribution in [3.05, 3.63) is 48.3 Å². The zero-order valence-electron chi connectivity index (χ0n) is 17.3. The molecule has 178 valence electrons. The number of ether oxygens (including phenoxy) is 2. The van der Waals surface area contributed by atoms with Gasteiger partial charge in [0.05, 0.1) is 25.8 Å². The molecule has 0 fully saturated rings. The minimum Gasteiger partial charge on any atom is -0.493 e. The van der Waals surface area contributed by atoms with Gasteiger partial charge < -0.3 is 35.2 Å². The van der Waals surface area contributed by atoms with Gasteiger partial charge in [-0.3, -0.25) is 0 Å². The van der Waals surface area contributed by atoms with Gasteiger partial charge in [-0.25, -0.2) is 23.1 Å². The number of hydrogen-bond donors (Lipinski definition) is 5. The molecule has 0 aliphatic carbocycles. The van der Waals surface area contributed by atoms with Gasteiger partial charge in [-0.1, -0.05) is 0 Å². The van der Waals surface area contributed by atoms with E-state index in [1.54, 1.807) is 0 Å². The molecule has 0 amide bonds. The van der Waals surface area contributed by atoms with Gasteiger partial charge in [0.1, 0.15) is 24.4 Å². The molecule has 1 aromatic heterocycles. The molecule has 3 rings (SSSR count). The number of anilines is 2. The molecular formula is C21H22F3N3O6. The van der Waals surface area contributed by atoms with E-state index >= 15 is 0 Å². The standard InChI is InChI=1S/C21H22F3N3O6/c1-32-16-5-11-15(6-17(16)33-18(8-29)20(31)19(30)14(24)7-28)25-9-26-21(11)27-10-2-3-12(22)13(23)4-10/h2-6,9,14,18-20,28-31H,7-8H2,1H3,(H,25,26,27)/t14-,18-,19+,20+/m1/s1. The Kier molecular flexibility index (Phi) is 7.87. The van der Waals surface area contributed by atoms with Crippen molar-refractivity contribution in [3.63, 3.8) is 0 Å². The monoisotopic (exact) mass is 469 g/mol. The summed E-state index contributed by atoms with van der Waals surface area (Å²) in [6.45, 7) is -1.81. The molecule has 0 aliphatic heterocycles. The highest BCUT2D eigenvalue weighted by Crippen LogP contribution is 2.35. The Morgan fingerprint density at radius 2 is 1.73 bits per heavy atom. The van der Waals surface area contributed by atoms with Crippen molar-refractivity contribution in [1.29, 1.82) is 0 Å². The van der Waals surface area contributed by atoms with E-state index in [-0.39, 0.29) is 23.0 Å². The molecule has 3 aromatic rings. The van der Waals surface area contributed by atoms with E-state index in [4.69, 9.17) is 14.6 Å². The molecule has 4 atom stereocenters. The van der Waals surface area contributed by atoms with Crippen LogP contribution in [0.25, 0.3) is 10.9 Å². The van der Waals surface area contributed by atoms with Gasteiger partial charge in [-0.15, -0.1) is 0 Å². The highest BCUT2D eigenvalue weighted by Gasteiger charge is 2.34. The quantitative estimate of drug-likeness (QED) is 0.299. The van der Waals surface area contributed by atoms with Crippen LogP contribution >= 0.6 is 0 Å². The zero-order valence-corrected chi connectivity index (χ0v) is 17.3. The molecule has 0 aliphatic rings. The van der Waals surface area contributed by atoms with Crippen LogP contribution in [0.3, 0.4) is 0 Å². The molecule has 33 heavy (non-hydrogen) atoms. The summed E-state index contributed by atoms with van der Waals surface area (Å²) in [4.78, 5) is 8.22. The average molecular weight is 469 g/mol. The van der Waals surface area contributed by atoms with E-state index in [0.717, 1.165) is 12.1 Å². The number of nitrogens with one attached hydrogen (secondary N) is 1. The van der Waals surface area contributed by atoms with Crippen LogP contribution in [0, 0.1) is 11.6 Å². The van der Waals surface area contributed by atoms with Crippen LogP contribution in [-0.4, -0.2) is 75.2 Å². The Morgan fingerprint density at radius 1 is 0.970 bits per heavy atom. The highest BCUT2D eigenvalue weighted by atomic mass is 19.2. The normalized spacial score (nSPS) is 15.0. The van der Waals surface area contributed by atoms with E-state index in [1.165, 1.54) is 31.6 Å². The van der Waals surface area contributed by atoms with Gasteiger partial charge in [0.15, 0.2) is 35.4 Å². The Bertz CT molecular complexity index is 1110. The first-order valence-electron chi connectivity index (χ1n) is 9.72. The van der Waals surface area contributed by atoms with Gasteiger partial charge in [-0.05, 0) is 18.2 Å².